The highest BCUT2D eigenvalue weighted by Gasteiger charge is 1.94. The lowest BCUT2D eigenvalue weighted by atomic mass is 10.2. The average Bonchev–Trinajstić information content (AvgIpc) is 2.16. The molecule has 0 saturated heterocycles. The summed E-state index contributed by atoms with van der Waals surface area (Å²) in [7, 11) is 0. The van der Waals surface area contributed by atoms with Gasteiger partial charge in [-0.3, -0.25) is 4.79 Å². The maximum atomic E-state index is 11.0. The number of rotatable bonds is 1. The average molecular weight is 161 g/mol. The number of hydrogen-bond acceptors (Lipinski definition) is 3. The molecule has 1 aromatic carbocycles. The van der Waals surface area contributed by atoms with Gasteiger partial charge in [0, 0.05) is 0 Å². The van der Waals surface area contributed by atoms with Gasteiger partial charge in [-0.05, 0) is 17.7 Å². The summed E-state index contributed by atoms with van der Waals surface area (Å²) in [6, 6.07) is 7.67. The van der Waals surface area contributed by atoms with Crippen molar-refractivity contribution in [1.82, 2.24) is 0 Å². The van der Waals surface area contributed by atoms with E-state index in [4.69, 9.17) is 10.4 Å². The Morgan fingerprint density at radius 3 is 2.92 bits per heavy atom. The minimum absolute atomic E-state index is 0.184. The number of hydrogen-bond donors (Lipinski definition) is 1. The lowest BCUT2D eigenvalue weighted by molar-refractivity contribution is 0.471. The second-order valence-electron chi connectivity index (χ2n) is 2.33. The van der Waals surface area contributed by atoms with E-state index in [2.05, 4.69) is 0 Å². The van der Waals surface area contributed by atoms with Gasteiger partial charge in [0.25, 0.3) is 0 Å². The molecule has 3 heteroatoms. The normalized spacial score (nSPS) is 8.92. The Kier molecular flexibility index (Phi) is 2.44. The fourth-order valence-electron chi connectivity index (χ4n) is 0.837. The van der Waals surface area contributed by atoms with E-state index in [-0.39, 0.29) is 12.2 Å². The highest BCUT2D eigenvalue weighted by Crippen LogP contribution is 2.00. The highest BCUT2D eigenvalue weighted by molar-refractivity contribution is 5.25. The molecular weight excluding hydrogens is 154 g/mol. The van der Waals surface area contributed by atoms with Crippen molar-refractivity contribution in [2.45, 2.75) is 6.42 Å². The number of aromatic hydroxyl groups is 1. The van der Waals surface area contributed by atoms with Crippen LogP contribution in [0.2, 0.25) is 0 Å². The summed E-state index contributed by atoms with van der Waals surface area (Å²) in [6.45, 7) is 0. The Labute approximate surface area is 69.5 Å². The van der Waals surface area contributed by atoms with Crippen LogP contribution in [0.3, 0.4) is 0 Å². The van der Waals surface area contributed by atoms with Gasteiger partial charge in [0.15, 0.2) is 5.75 Å². The SMILES string of the molecule is N#CCc1cccc(O)c(=O)c1. The largest absolute Gasteiger partial charge is 0.504 e. The lowest BCUT2D eigenvalue weighted by Crippen LogP contribution is -1.94. The summed E-state index contributed by atoms with van der Waals surface area (Å²) in [4.78, 5) is 11.0. The molecule has 0 amide bonds. The molecule has 0 unspecified atom stereocenters. The van der Waals surface area contributed by atoms with E-state index in [1.54, 1.807) is 12.1 Å². The third kappa shape index (κ3) is 1.83. The van der Waals surface area contributed by atoms with Crippen LogP contribution in [-0.2, 0) is 6.42 Å². The van der Waals surface area contributed by atoms with Crippen molar-refractivity contribution in [3.63, 3.8) is 0 Å². The maximum Gasteiger partial charge on any atom is 0.220 e. The first-order chi connectivity index (χ1) is 5.74. The van der Waals surface area contributed by atoms with Gasteiger partial charge < -0.3 is 5.11 Å². The summed E-state index contributed by atoms with van der Waals surface area (Å²) in [5.74, 6) is -0.292. The van der Waals surface area contributed by atoms with Gasteiger partial charge in [0.05, 0.1) is 12.5 Å². The third-order valence-corrected chi connectivity index (χ3v) is 1.42. The van der Waals surface area contributed by atoms with Crippen LogP contribution in [0.1, 0.15) is 5.56 Å². The van der Waals surface area contributed by atoms with E-state index in [1.165, 1.54) is 12.1 Å². The Morgan fingerprint density at radius 1 is 1.50 bits per heavy atom. The van der Waals surface area contributed by atoms with Gasteiger partial charge in [0.1, 0.15) is 0 Å². The Balaban J connectivity index is 3.24. The molecule has 0 aromatic heterocycles. The standard InChI is InChI=1S/C9H7NO2/c10-5-4-7-2-1-3-8(11)9(12)6-7/h1-3,6H,4H2,(H,11,12). The molecular formula is C9H7NO2. The first-order valence-corrected chi connectivity index (χ1v) is 3.43. The van der Waals surface area contributed by atoms with Gasteiger partial charge in [-0.2, -0.15) is 5.26 Å². The van der Waals surface area contributed by atoms with Crippen molar-refractivity contribution in [1.29, 1.82) is 5.26 Å². The molecule has 0 fully saturated rings. The van der Waals surface area contributed by atoms with Crippen LogP contribution in [0.15, 0.2) is 29.1 Å². The van der Waals surface area contributed by atoms with E-state index < -0.39 is 5.43 Å². The number of nitriles is 1. The molecule has 3 nitrogen and oxygen atoms in total. The molecule has 0 aliphatic carbocycles. The van der Waals surface area contributed by atoms with Crippen LogP contribution in [0, 0.1) is 11.3 Å². The lowest BCUT2D eigenvalue weighted by Gasteiger charge is -1.82. The van der Waals surface area contributed by atoms with E-state index in [1.807, 2.05) is 6.07 Å². The molecule has 1 N–H and O–H groups in total. The fraction of sp³-hybridized carbons (Fsp3) is 0.111. The van der Waals surface area contributed by atoms with Crippen molar-refractivity contribution < 1.29 is 5.11 Å². The molecule has 0 radical (unpaired) electrons. The minimum atomic E-state index is -0.453. The molecule has 0 heterocycles. The Bertz CT molecular complexity index is 379. The highest BCUT2D eigenvalue weighted by atomic mass is 16.3. The molecule has 0 bridgehead atoms. The molecule has 0 aliphatic heterocycles. The van der Waals surface area contributed by atoms with Gasteiger partial charge in [-0.15, -0.1) is 0 Å². The van der Waals surface area contributed by atoms with E-state index in [0.717, 1.165) is 0 Å². The van der Waals surface area contributed by atoms with Crippen molar-refractivity contribution >= 4 is 0 Å². The second kappa shape index (κ2) is 3.54. The summed E-state index contributed by atoms with van der Waals surface area (Å²) >= 11 is 0. The minimum Gasteiger partial charge on any atom is -0.504 e. The van der Waals surface area contributed by atoms with E-state index in [9.17, 15) is 4.79 Å². The smallest absolute Gasteiger partial charge is 0.220 e. The van der Waals surface area contributed by atoms with Crippen LogP contribution >= 0.6 is 0 Å². The zero-order valence-electron chi connectivity index (χ0n) is 6.32. The zero-order chi connectivity index (χ0) is 8.97. The van der Waals surface area contributed by atoms with Crippen molar-refractivity contribution in [3.05, 3.63) is 40.1 Å². The summed E-state index contributed by atoms with van der Waals surface area (Å²) in [5, 5.41) is 17.3. The van der Waals surface area contributed by atoms with Crippen LogP contribution in [0.5, 0.6) is 5.75 Å². The summed E-state index contributed by atoms with van der Waals surface area (Å²) in [5.41, 5.74) is 0.160. The quantitative estimate of drug-likeness (QED) is 0.663. The van der Waals surface area contributed by atoms with Crippen LogP contribution < -0.4 is 5.43 Å². The molecule has 0 atom stereocenters. The maximum absolute atomic E-state index is 11.0. The molecule has 0 saturated carbocycles. The van der Waals surface area contributed by atoms with Crippen molar-refractivity contribution in [2.75, 3.05) is 0 Å². The first kappa shape index (κ1) is 8.28. The monoisotopic (exact) mass is 161 g/mol. The summed E-state index contributed by atoms with van der Waals surface area (Å²) < 4.78 is 0. The van der Waals surface area contributed by atoms with Gasteiger partial charge in [0.2, 0.25) is 5.43 Å². The molecule has 0 spiro atoms. The topological polar surface area (TPSA) is 61.1 Å². The van der Waals surface area contributed by atoms with Gasteiger partial charge in [-0.1, -0.05) is 12.1 Å². The molecule has 1 aromatic rings. The Morgan fingerprint density at radius 2 is 2.25 bits per heavy atom. The van der Waals surface area contributed by atoms with Crippen molar-refractivity contribution in [2.24, 2.45) is 0 Å². The molecule has 0 aliphatic rings. The van der Waals surface area contributed by atoms with E-state index in [0.29, 0.717) is 5.56 Å². The van der Waals surface area contributed by atoms with Crippen LogP contribution in [-0.4, -0.2) is 5.11 Å². The molecule has 60 valence electrons. The Hall–Kier alpha value is -1.82. The predicted octanol–water partition coefficient (Wildman–Crippen LogP) is 0.818. The second-order valence-corrected chi connectivity index (χ2v) is 2.33. The van der Waals surface area contributed by atoms with Crippen LogP contribution in [0.25, 0.3) is 0 Å². The zero-order valence-corrected chi connectivity index (χ0v) is 6.32. The van der Waals surface area contributed by atoms with Gasteiger partial charge in [-0.25, -0.2) is 0 Å². The number of nitrogens with zero attached hydrogens (tertiary/aromatic N) is 1. The fourth-order valence-corrected chi connectivity index (χ4v) is 0.837. The van der Waals surface area contributed by atoms with Gasteiger partial charge >= 0.3 is 0 Å². The predicted molar refractivity (Wildman–Crippen MR) is 43.7 cm³/mol. The first-order valence-electron chi connectivity index (χ1n) is 3.43. The van der Waals surface area contributed by atoms with E-state index >= 15 is 0 Å². The van der Waals surface area contributed by atoms with Crippen LogP contribution in [0.4, 0.5) is 0 Å². The summed E-state index contributed by atoms with van der Waals surface area (Å²) in [6.07, 6.45) is 0.184. The van der Waals surface area contributed by atoms with Crippen molar-refractivity contribution in [3.8, 4) is 11.8 Å². The molecule has 1 rings (SSSR count). The molecule has 12 heavy (non-hydrogen) atoms. The third-order valence-electron chi connectivity index (χ3n) is 1.42.